The Morgan fingerprint density at radius 1 is 1.44 bits per heavy atom. The van der Waals surface area contributed by atoms with Gasteiger partial charge >= 0.3 is 6.09 Å². The lowest BCUT2D eigenvalue weighted by Crippen LogP contribution is -2.29. The third kappa shape index (κ3) is 2.92. The molecule has 0 saturated carbocycles. The molecular weight excluding hydrogens is 234 g/mol. The van der Waals surface area contributed by atoms with Crippen molar-refractivity contribution in [3.05, 3.63) is 29.8 Å². The molecule has 2 rings (SSSR count). The maximum Gasteiger partial charge on any atom is 0.410 e. The monoisotopic (exact) mass is 251 g/mol. The van der Waals surface area contributed by atoms with Gasteiger partial charge in [0.05, 0.1) is 25.8 Å². The number of amides is 1. The molecule has 18 heavy (non-hydrogen) atoms. The highest BCUT2D eigenvalue weighted by molar-refractivity contribution is 5.69. The highest BCUT2D eigenvalue weighted by Crippen LogP contribution is 2.19. The minimum absolute atomic E-state index is 0.257. The first-order chi connectivity index (χ1) is 8.70. The van der Waals surface area contributed by atoms with E-state index in [1.807, 2.05) is 19.1 Å². The summed E-state index contributed by atoms with van der Waals surface area (Å²) < 4.78 is 10.1. The quantitative estimate of drug-likeness (QED) is 0.863. The fraction of sp³-hybridized carbons (Fsp3) is 0.462. The van der Waals surface area contributed by atoms with E-state index < -0.39 is 6.10 Å². The molecule has 1 fully saturated rings. The van der Waals surface area contributed by atoms with E-state index in [1.54, 1.807) is 12.1 Å². The van der Waals surface area contributed by atoms with Crippen LogP contribution in [-0.2, 0) is 4.74 Å². The number of cyclic esters (lactones) is 1. The first-order valence-corrected chi connectivity index (χ1v) is 6.03. The second-order valence-electron chi connectivity index (χ2n) is 4.08. The number of hydrogen-bond acceptors (Lipinski definition) is 4. The Labute approximate surface area is 106 Å². The number of rotatable bonds is 5. The van der Waals surface area contributed by atoms with Gasteiger partial charge in [0.15, 0.2) is 0 Å². The lowest BCUT2D eigenvalue weighted by molar-refractivity contribution is 0.118. The molecule has 0 radical (unpaired) electrons. The van der Waals surface area contributed by atoms with Crippen LogP contribution in [0.5, 0.6) is 5.75 Å². The molecule has 5 heteroatoms. The fourth-order valence-electron chi connectivity index (χ4n) is 1.86. The summed E-state index contributed by atoms with van der Waals surface area (Å²) in [6, 6.07) is 7.23. The molecule has 1 N–H and O–H groups in total. The molecule has 1 unspecified atom stereocenters. The van der Waals surface area contributed by atoms with Gasteiger partial charge in [0.2, 0.25) is 0 Å². The number of aliphatic hydroxyl groups is 1. The van der Waals surface area contributed by atoms with Gasteiger partial charge in [0, 0.05) is 0 Å². The Hall–Kier alpha value is -1.75. The number of aliphatic hydroxyl groups excluding tert-OH is 1. The van der Waals surface area contributed by atoms with Gasteiger partial charge in [0.1, 0.15) is 12.4 Å². The first kappa shape index (κ1) is 12.7. The van der Waals surface area contributed by atoms with E-state index in [-0.39, 0.29) is 12.6 Å². The molecule has 1 aliphatic rings. The molecule has 1 aromatic rings. The summed E-state index contributed by atoms with van der Waals surface area (Å²) in [5.74, 6) is 0.772. The van der Waals surface area contributed by atoms with E-state index in [9.17, 15) is 9.90 Å². The largest absolute Gasteiger partial charge is 0.494 e. The van der Waals surface area contributed by atoms with Gasteiger partial charge in [0.25, 0.3) is 0 Å². The molecular formula is C13H17NO4. The van der Waals surface area contributed by atoms with Gasteiger partial charge in [-0.1, -0.05) is 12.1 Å². The smallest absolute Gasteiger partial charge is 0.410 e. The number of hydrogen-bond donors (Lipinski definition) is 1. The molecule has 1 aliphatic heterocycles. The first-order valence-electron chi connectivity index (χ1n) is 6.03. The van der Waals surface area contributed by atoms with E-state index in [1.165, 1.54) is 4.90 Å². The van der Waals surface area contributed by atoms with Crippen LogP contribution in [0.2, 0.25) is 0 Å². The van der Waals surface area contributed by atoms with Crippen LogP contribution in [0.1, 0.15) is 18.6 Å². The minimum atomic E-state index is -0.702. The van der Waals surface area contributed by atoms with Crippen LogP contribution in [0.15, 0.2) is 24.3 Å². The lowest BCUT2D eigenvalue weighted by Gasteiger charge is -2.18. The van der Waals surface area contributed by atoms with Crippen molar-refractivity contribution in [3.8, 4) is 5.75 Å². The van der Waals surface area contributed by atoms with Gasteiger partial charge in [-0.05, 0) is 24.6 Å². The second kappa shape index (κ2) is 5.73. The summed E-state index contributed by atoms with van der Waals surface area (Å²) in [6.45, 7) is 3.72. The Morgan fingerprint density at radius 3 is 2.72 bits per heavy atom. The minimum Gasteiger partial charge on any atom is -0.494 e. The molecule has 1 saturated heterocycles. The van der Waals surface area contributed by atoms with Crippen molar-refractivity contribution in [2.45, 2.75) is 13.0 Å². The molecule has 0 bridgehead atoms. The van der Waals surface area contributed by atoms with Crippen molar-refractivity contribution in [2.75, 3.05) is 26.3 Å². The highest BCUT2D eigenvalue weighted by Gasteiger charge is 2.24. The van der Waals surface area contributed by atoms with Crippen molar-refractivity contribution in [2.24, 2.45) is 0 Å². The zero-order valence-corrected chi connectivity index (χ0v) is 10.3. The molecule has 98 valence electrons. The molecule has 1 atom stereocenters. The van der Waals surface area contributed by atoms with Gasteiger partial charge < -0.3 is 19.5 Å². The van der Waals surface area contributed by atoms with Gasteiger partial charge in [-0.2, -0.15) is 0 Å². The SMILES string of the molecule is CCOc1ccc(C(O)CN2CCOC2=O)cc1. The van der Waals surface area contributed by atoms with Crippen molar-refractivity contribution >= 4 is 6.09 Å². The summed E-state index contributed by atoms with van der Waals surface area (Å²) in [7, 11) is 0. The van der Waals surface area contributed by atoms with Gasteiger partial charge in [-0.3, -0.25) is 0 Å². The second-order valence-corrected chi connectivity index (χ2v) is 4.08. The highest BCUT2D eigenvalue weighted by atomic mass is 16.6. The van der Waals surface area contributed by atoms with Crippen LogP contribution < -0.4 is 4.74 Å². The Balaban J connectivity index is 1.95. The normalized spacial score (nSPS) is 16.6. The number of β-amino-alcohol motifs (C(OH)–C–C–N with tert-alkyl or cyclic N) is 1. The molecule has 0 aromatic heterocycles. The zero-order valence-electron chi connectivity index (χ0n) is 10.3. The Morgan fingerprint density at radius 2 is 2.17 bits per heavy atom. The summed E-state index contributed by atoms with van der Waals surface area (Å²) in [4.78, 5) is 12.8. The summed E-state index contributed by atoms with van der Waals surface area (Å²) >= 11 is 0. The predicted octanol–water partition coefficient (Wildman–Crippen LogP) is 1.57. The molecule has 5 nitrogen and oxygen atoms in total. The summed E-state index contributed by atoms with van der Waals surface area (Å²) in [5.41, 5.74) is 0.762. The van der Waals surface area contributed by atoms with Crippen LogP contribution in [0, 0.1) is 0 Å². The zero-order chi connectivity index (χ0) is 13.0. The van der Waals surface area contributed by atoms with E-state index >= 15 is 0 Å². The van der Waals surface area contributed by atoms with Gasteiger partial charge in [-0.15, -0.1) is 0 Å². The Bertz CT molecular complexity index is 404. The topological polar surface area (TPSA) is 59.0 Å². The maximum atomic E-state index is 11.3. The van der Waals surface area contributed by atoms with E-state index in [2.05, 4.69) is 0 Å². The number of benzene rings is 1. The average Bonchev–Trinajstić information content (AvgIpc) is 2.76. The van der Waals surface area contributed by atoms with Crippen LogP contribution in [-0.4, -0.2) is 42.4 Å². The average molecular weight is 251 g/mol. The number of carbonyl (C=O) groups excluding carboxylic acids is 1. The molecule has 1 aromatic carbocycles. The van der Waals surface area contributed by atoms with E-state index in [0.717, 1.165) is 11.3 Å². The summed E-state index contributed by atoms with van der Waals surface area (Å²) in [6.07, 6.45) is -1.06. The molecule has 0 aliphatic carbocycles. The fourth-order valence-corrected chi connectivity index (χ4v) is 1.86. The van der Waals surface area contributed by atoms with Crippen molar-refractivity contribution in [1.29, 1.82) is 0 Å². The van der Waals surface area contributed by atoms with Crippen molar-refractivity contribution in [3.63, 3.8) is 0 Å². The molecule has 1 heterocycles. The standard InChI is InChI=1S/C13H17NO4/c1-2-17-11-5-3-10(4-6-11)12(15)9-14-7-8-18-13(14)16/h3-6,12,15H,2,7-9H2,1H3. The number of nitrogens with zero attached hydrogens (tertiary/aromatic N) is 1. The van der Waals surface area contributed by atoms with Crippen LogP contribution in [0.4, 0.5) is 4.79 Å². The third-order valence-corrected chi connectivity index (χ3v) is 2.81. The molecule has 1 amide bonds. The summed E-state index contributed by atoms with van der Waals surface area (Å²) in [5, 5.41) is 10.0. The van der Waals surface area contributed by atoms with E-state index in [4.69, 9.17) is 9.47 Å². The number of carbonyl (C=O) groups is 1. The van der Waals surface area contributed by atoms with Crippen LogP contribution in [0.3, 0.4) is 0 Å². The van der Waals surface area contributed by atoms with Gasteiger partial charge in [-0.25, -0.2) is 4.79 Å². The number of ether oxygens (including phenoxy) is 2. The van der Waals surface area contributed by atoms with Crippen LogP contribution in [0.25, 0.3) is 0 Å². The maximum absolute atomic E-state index is 11.3. The Kier molecular flexibility index (Phi) is 4.04. The lowest BCUT2D eigenvalue weighted by atomic mass is 10.1. The van der Waals surface area contributed by atoms with E-state index in [0.29, 0.717) is 19.8 Å². The third-order valence-electron chi connectivity index (χ3n) is 2.81. The van der Waals surface area contributed by atoms with Crippen molar-refractivity contribution in [1.82, 2.24) is 4.90 Å². The van der Waals surface area contributed by atoms with Crippen LogP contribution >= 0.6 is 0 Å². The predicted molar refractivity (Wildman–Crippen MR) is 65.5 cm³/mol. The molecule has 0 spiro atoms. The van der Waals surface area contributed by atoms with Crippen molar-refractivity contribution < 1.29 is 19.4 Å².